The normalized spacial score (nSPS) is 27.6. The van der Waals surface area contributed by atoms with Gasteiger partial charge in [-0.1, -0.05) is 42.5 Å². The lowest BCUT2D eigenvalue weighted by atomic mass is 9.85. The van der Waals surface area contributed by atoms with Crippen LogP contribution in [0, 0.1) is 0 Å². The predicted molar refractivity (Wildman–Crippen MR) is 84.5 cm³/mol. The first-order valence-corrected chi connectivity index (χ1v) is 8.50. The second-order valence-corrected chi connectivity index (χ2v) is 7.82. The molecule has 0 radical (unpaired) electrons. The Morgan fingerprint density at radius 3 is 2.05 bits per heavy atom. The van der Waals surface area contributed by atoms with Gasteiger partial charge in [-0.15, -0.1) is 0 Å². The fourth-order valence-electron chi connectivity index (χ4n) is 3.20. The van der Waals surface area contributed by atoms with Crippen molar-refractivity contribution in [3.63, 3.8) is 0 Å². The number of anilines is 1. The summed E-state index contributed by atoms with van der Waals surface area (Å²) in [5.41, 5.74) is 13.8. The van der Waals surface area contributed by atoms with E-state index in [1.165, 1.54) is 0 Å². The van der Waals surface area contributed by atoms with Crippen LogP contribution in [0.5, 0.6) is 0 Å². The first kappa shape index (κ1) is 14.1. The Morgan fingerprint density at radius 1 is 0.952 bits per heavy atom. The molecular weight excluding hydrogens is 284 g/mol. The van der Waals surface area contributed by atoms with Gasteiger partial charge in [-0.25, -0.2) is 8.42 Å². The number of nitrogen functional groups attached to an aromatic ring is 1. The molecule has 0 amide bonds. The second kappa shape index (κ2) is 4.86. The third kappa shape index (κ3) is 2.13. The van der Waals surface area contributed by atoms with E-state index in [0.717, 1.165) is 11.1 Å². The number of hydrogen-bond donors (Lipinski definition) is 2. The number of nitrogens with two attached hydrogens (primary N) is 2. The zero-order chi connectivity index (χ0) is 15.1. The molecule has 4 nitrogen and oxygen atoms in total. The molecule has 1 aliphatic heterocycles. The summed E-state index contributed by atoms with van der Waals surface area (Å²) < 4.78 is 24.7. The van der Waals surface area contributed by atoms with Crippen LogP contribution in [-0.2, 0) is 14.6 Å². The summed E-state index contributed by atoms with van der Waals surface area (Å²) in [5, 5.41) is 0. The lowest BCUT2D eigenvalue weighted by molar-refractivity contribution is 0.557. The molecule has 5 heteroatoms. The highest BCUT2D eigenvalue weighted by Gasteiger charge is 2.53. The molecule has 1 fully saturated rings. The molecule has 2 unspecified atom stereocenters. The van der Waals surface area contributed by atoms with Crippen molar-refractivity contribution in [3.8, 4) is 0 Å². The molecule has 1 saturated heterocycles. The van der Waals surface area contributed by atoms with Crippen molar-refractivity contribution in [2.24, 2.45) is 5.73 Å². The number of hydrogen-bond acceptors (Lipinski definition) is 4. The summed E-state index contributed by atoms with van der Waals surface area (Å²) in [5.74, 6) is 0.00622. The maximum atomic E-state index is 12.9. The van der Waals surface area contributed by atoms with Gasteiger partial charge in [0.15, 0.2) is 9.84 Å². The highest BCUT2D eigenvalue weighted by Crippen LogP contribution is 2.46. The largest absolute Gasteiger partial charge is 0.399 e. The van der Waals surface area contributed by atoms with Crippen molar-refractivity contribution < 1.29 is 8.42 Å². The van der Waals surface area contributed by atoms with Crippen LogP contribution in [0.25, 0.3) is 0 Å². The number of rotatable bonds is 2. The molecule has 2 atom stereocenters. The average molecular weight is 302 g/mol. The molecular formula is C16H18N2O2S. The van der Waals surface area contributed by atoms with Gasteiger partial charge in [0.05, 0.1) is 5.75 Å². The van der Waals surface area contributed by atoms with E-state index in [4.69, 9.17) is 11.5 Å². The third-order valence-corrected chi connectivity index (χ3v) is 6.70. The van der Waals surface area contributed by atoms with Crippen molar-refractivity contribution in [2.45, 2.75) is 17.2 Å². The summed E-state index contributed by atoms with van der Waals surface area (Å²) in [6.45, 7) is 0. The van der Waals surface area contributed by atoms with Gasteiger partial charge in [0.1, 0.15) is 4.75 Å². The van der Waals surface area contributed by atoms with Gasteiger partial charge in [0.2, 0.25) is 0 Å². The van der Waals surface area contributed by atoms with Crippen LogP contribution in [0.15, 0.2) is 54.6 Å². The highest BCUT2D eigenvalue weighted by atomic mass is 32.2. The smallest absolute Gasteiger partial charge is 0.165 e. The van der Waals surface area contributed by atoms with Gasteiger partial charge < -0.3 is 11.5 Å². The lowest BCUT2D eigenvalue weighted by Crippen LogP contribution is -2.33. The Balaban J connectivity index is 2.29. The van der Waals surface area contributed by atoms with Crippen LogP contribution in [0.3, 0.4) is 0 Å². The van der Waals surface area contributed by atoms with E-state index < -0.39 is 14.6 Å². The molecule has 0 aliphatic carbocycles. The molecule has 21 heavy (non-hydrogen) atoms. The Labute approximate surface area is 124 Å². The Morgan fingerprint density at radius 2 is 1.52 bits per heavy atom. The van der Waals surface area contributed by atoms with Gasteiger partial charge in [-0.2, -0.15) is 0 Å². The Hall–Kier alpha value is -1.85. The standard InChI is InChI=1S/C16H18N2O2S/c17-14-8-6-13(7-9-14)16(12-4-2-1-3-5-12)10-15(18)11-21(16,19)20/h1-9,15H,10-11,17-18H2. The second-order valence-electron chi connectivity index (χ2n) is 5.56. The molecule has 3 rings (SSSR count). The minimum absolute atomic E-state index is 0.00622. The van der Waals surface area contributed by atoms with E-state index in [1.54, 1.807) is 24.3 Å². The average Bonchev–Trinajstić information content (AvgIpc) is 2.70. The first-order chi connectivity index (χ1) is 9.96. The van der Waals surface area contributed by atoms with Crippen LogP contribution in [-0.4, -0.2) is 20.2 Å². The summed E-state index contributed by atoms with van der Waals surface area (Å²) in [7, 11) is -3.38. The van der Waals surface area contributed by atoms with Gasteiger partial charge in [0.25, 0.3) is 0 Å². The summed E-state index contributed by atoms with van der Waals surface area (Å²) in [4.78, 5) is 0. The summed E-state index contributed by atoms with van der Waals surface area (Å²) in [6, 6.07) is 16.0. The summed E-state index contributed by atoms with van der Waals surface area (Å²) >= 11 is 0. The maximum absolute atomic E-state index is 12.9. The van der Waals surface area contributed by atoms with Gasteiger partial charge in [-0.3, -0.25) is 0 Å². The van der Waals surface area contributed by atoms with E-state index >= 15 is 0 Å². The molecule has 2 aromatic carbocycles. The van der Waals surface area contributed by atoms with Gasteiger partial charge in [-0.05, 0) is 29.7 Å². The summed E-state index contributed by atoms with van der Waals surface area (Å²) in [6.07, 6.45) is 0.392. The molecule has 0 saturated carbocycles. The molecule has 0 aromatic heterocycles. The predicted octanol–water partition coefficient (Wildman–Crippen LogP) is 1.66. The molecule has 1 aliphatic rings. The Kier molecular flexibility index (Phi) is 3.26. The van der Waals surface area contributed by atoms with Gasteiger partial charge in [0, 0.05) is 11.7 Å². The van der Waals surface area contributed by atoms with Crippen LogP contribution in [0.4, 0.5) is 5.69 Å². The minimum atomic E-state index is -3.38. The van der Waals surface area contributed by atoms with Crippen LogP contribution in [0.1, 0.15) is 17.5 Å². The molecule has 0 bridgehead atoms. The fourth-order valence-corrected chi connectivity index (χ4v) is 5.62. The van der Waals surface area contributed by atoms with E-state index in [0.29, 0.717) is 12.1 Å². The molecule has 0 spiro atoms. The third-order valence-electron chi connectivity index (χ3n) is 4.13. The van der Waals surface area contributed by atoms with E-state index in [-0.39, 0.29) is 11.8 Å². The van der Waals surface area contributed by atoms with Crippen LogP contribution < -0.4 is 11.5 Å². The topological polar surface area (TPSA) is 86.2 Å². The van der Waals surface area contributed by atoms with Crippen molar-refractivity contribution in [3.05, 3.63) is 65.7 Å². The monoisotopic (exact) mass is 302 g/mol. The van der Waals surface area contributed by atoms with Crippen LogP contribution >= 0.6 is 0 Å². The van der Waals surface area contributed by atoms with Crippen molar-refractivity contribution >= 4 is 15.5 Å². The molecule has 1 heterocycles. The number of sulfone groups is 1. The van der Waals surface area contributed by atoms with Gasteiger partial charge >= 0.3 is 0 Å². The highest BCUT2D eigenvalue weighted by molar-refractivity contribution is 7.92. The van der Waals surface area contributed by atoms with Crippen molar-refractivity contribution in [2.75, 3.05) is 11.5 Å². The van der Waals surface area contributed by atoms with Crippen LogP contribution in [0.2, 0.25) is 0 Å². The molecule has 4 N–H and O–H groups in total. The minimum Gasteiger partial charge on any atom is -0.399 e. The maximum Gasteiger partial charge on any atom is 0.165 e. The zero-order valence-electron chi connectivity index (χ0n) is 11.6. The Bertz CT molecular complexity index is 742. The quantitative estimate of drug-likeness (QED) is 0.826. The number of benzene rings is 2. The van der Waals surface area contributed by atoms with E-state index in [9.17, 15) is 8.42 Å². The first-order valence-electron chi connectivity index (χ1n) is 6.85. The molecule has 2 aromatic rings. The fraction of sp³-hybridized carbons (Fsp3) is 0.250. The van der Waals surface area contributed by atoms with E-state index in [1.807, 2.05) is 30.3 Å². The SMILES string of the molecule is Nc1ccc(C2(c3ccccc3)CC(N)CS2(=O)=O)cc1. The van der Waals surface area contributed by atoms with Crippen molar-refractivity contribution in [1.82, 2.24) is 0 Å². The van der Waals surface area contributed by atoms with Crippen molar-refractivity contribution in [1.29, 1.82) is 0 Å². The zero-order valence-corrected chi connectivity index (χ0v) is 12.4. The van der Waals surface area contributed by atoms with E-state index in [2.05, 4.69) is 0 Å². The molecule has 110 valence electrons. The lowest BCUT2D eigenvalue weighted by Gasteiger charge is -2.29.